The van der Waals surface area contributed by atoms with E-state index in [1.165, 1.54) is 0 Å². The molecule has 1 aromatic carbocycles. The van der Waals surface area contributed by atoms with Crippen molar-refractivity contribution in [3.05, 3.63) is 24.3 Å². The van der Waals surface area contributed by atoms with Gasteiger partial charge in [0, 0.05) is 21.3 Å². The number of hydrogen-bond acceptors (Lipinski definition) is 4. The molecule has 0 spiro atoms. The Balaban J connectivity index is 3.18. The molecule has 0 saturated carbocycles. The highest BCUT2D eigenvalue weighted by Crippen LogP contribution is 2.17. The van der Waals surface area contributed by atoms with Crippen LogP contribution < -0.4 is 9.92 Å². The van der Waals surface area contributed by atoms with Crippen LogP contribution in [0.15, 0.2) is 24.3 Å². The van der Waals surface area contributed by atoms with Gasteiger partial charge < -0.3 is 18.0 Å². The Bertz CT molecular complexity index is 342. The molecule has 0 unspecified atom stereocenters. The first-order valence-corrected chi connectivity index (χ1v) is 7.23. The summed E-state index contributed by atoms with van der Waals surface area (Å²) in [6, 6.07) is 7.65. The smallest absolute Gasteiger partial charge is 0.491 e. The summed E-state index contributed by atoms with van der Waals surface area (Å²) in [5.74, 6) is 0.750. The zero-order valence-electron chi connectivity index (χ0n) is 11.0. The summed E-state index contributed by atoms with van der Waals surface area (Å²) >= 11 is 0. The van der Waals surface area contributed by atoms with E-state index in [-0.39, 0.29) is 6.10 Å². The predicted octanol–water partition coefficient (Wildman–Crippen LogP) is 1.56. The molecule has 0 atom stereocenters. The first kappa shape index (κ1) is 14.2. The van der Waals surface area contributed by atoms with Gasteiger partial charge in [-0.3, -0.25) is 0 Å². The molecule has 0 amide bonds. The molecule has 5 heteroatoms. The van der Waals surface area contributed by atoms with E-state index >= 15 is 0 Å². The molecule has 1 aromatic rings. The molecule has 17 heavy (non-hydrogen) atoms. The van der Waals surface area contributed by atoms with Crippen molar-refractivity contribution < 1.29 is 18.0 Å². The van der Waals surface area contributed by atoms with Gasteiger partial charge >= 0.3 is 8.80 Å². The molecule has 4 nitrogen and oxygen atoms in total. The lowest BCUT2D eigenvalue weighted by atomic mass is 10.3. The molecule has 0 aliphatic carbocycles. The maximum atomic E-state index is 5.75. The Kier molecular flexibility index (Phi) is 5.14. The first-order valence-electron chi connectivity index (χ1n) is 5.51. The largest absolute Gasteiger partial charge is 0.540 e. The maximum Gasteiger partial charge on any atom is 0.540 e. The van der Waals surface area contributed by atoms with E-state index in [0.29, 0.717) is 0 Å². The molecule has 0 N–H and O–H groups in total. The van der Waals surface area contributed by atoms with Crippen LogP contribution in [0.3, 0.4) is 0 Å². The molecule has 0 aliphatic heterocycles. The molecular formula is C12H20O4Si. The zero-order chi connectivity index (χ0) is 12.9. The fraction of sp³-hybridized carbons (Fsp3) is 0.500. The Hall–Kier alpha value is -0.883. The second-order valence-electron chi connectivity index (χ2n) is 3.83. The zero-order valence-corrected chi connectivity index (χ0v) is 12.0. The number of benzene rings is 1. The molecule has 96 valence electrons. The number of rotatable bonds is 6. The second-order valence-corrected chi connectivity index (χ2v) is 6.71. The fourth-order valence-electron chi connectivity index (χ4n) is 1.66. The van der Waals surface area contributed by atoms with Crippen molar-refractivity contribution >= 4 is 14.0 Å². The van der Waals surface area contributed by atoms with Crippen molar-refractivity contribution in [3.8, 4) is 5.75 Å². The third-order valence-electron chi connectivity index (χ3n) is 2.39. The molecule has 0 heterocycles. The van der Waals surface area contributed by atoms with E-state index in [9.17, 15) is 0 Å². The Labute approximate surface area is 104 Å². The summed E-state index contributed by atoms with van der Waals surface area (Å²) in [4.78, 5) is 0. The van der Waals surface area contributed by atoms with Gasteiger partial charge in [-0.25, -0.2) is 0 Å². The van der Waals surface area contributed by atoms with Crippen LogP contribution in [-0.2, 0) is 13.3 Å². The van der Waals surface area contributed by atoms with Gasteiger partial charge in [-0.1, -0.05) is 18.2 Å². The van der Waals surface area contributed by atoms with Gasteiger partial charge in [-0.15, -0.1) is 0 Å². The van der Waals surface area contributed by atoms with Crippen LogP contribution in [0.25, 0.3) is 0 Å². The van der Waals surface area contributed by atoms with E-state index in [1.54, 1.807) is 21.3 Å². The summed E-state index contributed by atoms with van der Waals surface area (Å²) in [5.41, 5.74) is 0. The average Bonchev–Trinajstić information content (AvgIpc) is 2.33. The first-order chi connectivity index (χ1) is 8.09. The van der Waals surface area contributed by atoms with E-state index in [0.717, 1.165) is 10.9 Å². The molecule has 0 radical (unpaired) electrons. The summed E-state index contributed by atoms with van der Waals surface area (Å²) in [6.07, 6.45) is 0.0911. The van der Waals surface area contributed by atoms with Gasteiger partial charge in [0.05, 0.1) is 11.3 Å². The summed E-state index contributed by atoms with van der Waals surface area (Å²) in [5, 5.41) is 0.848. The van der Waals surface area contributed by atoms with E-state index in [1.807, 2.05) is 38.1 Å². The normalized spacial score (nSPS) is 11.9. The predicted molar refractivity (Wildman–Crippen MR) is 68.6 cm³/mol. The van der Waals surface area contributed by atoms with Crippen LogP contribution in [0, 0.1) is 0 Å². The lowest BCUT2D eigenvalue weighted by Gasteiger charge is -2.26. The minimum Gasteiger partial charge on any atom is -0.491 e. The second kappa shape index (κ2) is 6.16. The number of ether oxygens (including phenoxy) is 1. The van der Waals surface area contributed by atoms with Crippen molar-refractivity contribution in [3.63, 3.8) is 0 Å². The maximum absolute atomic E-state index is 5.75. The highest BCUT2D eigenvalue weighted by Gasteiger charge is 2.43. The third kappa shape index (κ3) is 3.07. The van der Waals surface area contributed by atoms with E-state index in [4.69, 9.17) is 18.0 Å². The SMILES string of the molecule is CO[Si](OC)(OC)c1ccccc1OC(C)C. The van der Waals surface area contributed by atoms with Gasteiger partial charge in [0.1, 0.15) is 5.75 Å². The fourth-order valence-corrected chi connectivity index (χ4v) is 3.56. The molecular weight excluding hydrogens is 236 g/mol. The Morgan fingerprint density at radius 1 is 0.941 bits per heavy atom. The third-order valence-corrected chi connectivity index (χ3v) is 5.07. The molecule has 0 fully saturated rings. The highest BCUT2D eigenvalue weighted by molar-refractivity contribution is 6.76. The van der Waals surface area contributed by atoms with E-state index in [2.05, 4.69) is 0 Å². The van der Waals surface area contributed by atoms with E-state index < -0.39 is 8.80 Å². The van der Waals surface area contributed by atoms with Crippen molar-refractivity contribution in [2.45, 2.75) is 20.0 Å². The van der Waals surface area contributed by atoms with Gasteiger partial charge in [0.15, 0.2) is 0 Å². The minimum atomic E-state index is -2.83. The highest BCUT2D eigenvalue weighted by atomic mass is 28.4. The van der Waals surface area contributed by atoms with Crippen LogP contribution >= 0.6 is 0 Å². The van der Waals surface area contributed by atoms with Gasteiger partial charge in [-0.05, 0) is 19.9 Å². The quantitative estimate of drug-likeness (QED) is 0.724. The summed E-state index contributed by atoms with van der Waals surface area (Å²) in [7, 11) is 1.94. The average molecular weight is 256 g/mol. The van der Waals surface area contributed by atoms with Crippen LogP contribution in [-0.4, -0.2) is 36.2 Å². The van der Waals surface area contributed by atoms with Crippen molar-refractivity contribution in [1.82, 2.24) is 0 Å². The monoisotopic (exact) mass is 256 g/mol. The standard InChI is InChI=1S/C12H20O4Si/c1-10(2)16-11-8-6-7-9-12(11)17(13-3,14-4)15-5/h6-10H,1-5H3. The number of hydrogen-bond donors (Lipinski definition) is 0. The molecule has 1 rings (SSSR count). The Morgan fingerprint density at radius 2 is 1.47 bits per heavy atom. The molecule has 0 saturated heterocycles. The van der Waals surface area contributed by atoms with Crippen LogP contribution in [0.4, 0.5) is 0 Å². The lowest BCUT2D eigenvalue weighted by Crippen LogP contribution is -2.55. The van der Waals surface area contributed by atoms with Crippen LogP contribution in [0.5, 0.6) is 5.75 Å². The summed E-state index contributed by atoms with van der Waals surface area (Å²) < 4.78 is 22.1. The lowest BCUT2D eigenvalue weighted by molar-refractivity contribution is 0.138. The topological polar surface area (TPSA) is 36.9 Å². The number of para-hydroxylation sites is 1. The molecule has 0 aromatic heterocycles. The van der Waals surface area contributed by atoms with Gasteiger partial charge in [0.2, 0.25) is 0 Å². The van der Waals surface area contributed by atoms with Crippen molar-refractivity contribution in [2.24, 2.45) is 0 Å². The molecule has 0 aliphatic rings. The van der Waals surface area contributed by atoms with Gasteiger partial charge in [-0.2, -0.15) is 0 Å². The van der Waals surface area contributed by atoms with Crippen LogP contribution in [0.1, 0.15) is 13.8 Å². The molecule has 0 bridgehead atoms. The van der Waals surface area contributed by atoms with Crippen LogP contribution in [0.2, 0.25) is 0 Å². The van der Waals surface area contributed by atoms with Crippen molar-refractivity contribution in [1.29, 1.82) is 0 Å². The Morgan fingerprint density at radius 3 is 1.94 bits per heavy atom. The van der Waals surface area contributed by atoms with Gasteiger partial charge in [0.25, 0.3) is 0 Å². The summed E-state index contributed by atoms with van der Waals surface area (Å²) in [6.45, 7) is 3.96. The minimum absolute atomic E-state index is 0.0911. The van der Waals surface area contributed by atoms with Crippen molar-refractivity contribution in [2.75, 3.05) is 21.3 Å².